The number of aliphatic carboxylic acids is 1. The zero-order valence-corrected chi connectivity index (χ0v) is 14.0. The van der Waals surface area contributed by atoms with Gasteiger partial charge in [0.2, 0.25) is 0 Å². The predicted octanol–water partition coefficient (Wildman–Crippen LogP) is 3.19. The van der Waals surface area contributed by atoms with E-state index in [0.717, 1.165) is 11.3 Å². The molecule has 1 N–H and O–H groups in total. The molecule has 0 radical (unpaired) electrons. The Morgan fingerprint density at radius 2 is 2.12 bits per heavy atom. The first-order valence-electron chi connectivity index (χ1n) is 7.71. The summed E-state index contributed by atoms with van der Waals surface area (Å²) >= 11 is 1.15. The van der Waals surface area contributed by atoms with Gasteiger partial charge in [-0.25, -0.2) is 9.37 Å². The van der Waals surface area contributed by atoms with Crippen LogP contribution in [0, 0.1) is 18.7 Å². The van der Waals surface area contributed by atoms with Gasteiger partial charge in [0.05, 0.1) is 11.6 Å². The molecule has 0 bridgehead atoms. The van der Waals surface area contributed by atoms with Gasteiger partial charge in [-0.1, -0.05) is 12.1 Å². The highest BCUT2D eigenvalue weighted by molar-refractivity contribution is 7.17. The maximum atomic E-state index is 13.9. The van der Waals surface area contributed by atoms with Crippen LogP contribution in [-0.4, -0.2) is 40.0 Å². The van der Waals surface area contributed by atoms with Crippen LogP contribution in [0.25, 0.3) is 10.6 Å². The van der Waals surface area contributed by atoms with E-state index in [1.54, 1.807) is 30.0 Å². The van der Waals surface area contributed by atoms with Crippen LogP contribution in [0.5, 0.6) is 0 Å². The molecule has 7 heteroatoms. The first-order chi connectivity index (χ1) is 11.5. The Morgan fingerprint density at radius 3 is 2.83 bits per heavy atom. The van der Waals surface area contributed by atoms with E-state index in [-0.39, 0.29) is 18.3 Å². The Bertz CT molecular complexity index is 790. The Morgan fingerprint density at radius 1 is 1.38 bits per heavy atom. The second kappa shape index (κ2) is 6.68. The number of carboxylic acids is 1. The third-order valence-corrected chi connectivity index (χ3v) is 5.33. The summed E-state index contributed by atoms with van der Waals surface area (Å²) in [5.74, 6) is -2.00. The Labute approximate surface area is 142 Å². The smallest absolute Gasteiger partial charge is 0.308 e. The second-order valence-corrected chi connectivity index (χ2v) is 6.84. The van der Waals surface area contributed by atoms with Crippen molar-refractivity contribution in [2.75, 3.05) is 13.1 Å². The average molecular weight is 348 g/mol. The average Bonchev–Trinajstić information content (AvgIpc) is 2.96. The summed E-state index contributed by atoms with van der Waals surface area (Å²) in [5, 5.41) is 9.62. The number of benzene rings is 1. The highest BCUT2D eigenvalue weighted by Crippen LogP contribution is 2.31. The number of hydrogen-bond donors (Lipinski definition) is 1. The molecule has 1 aliphatic heterocycles. The number of aromatic nitrogens is 1. The largest absolute Gasteiger partial charge is 0.481 e. The van der Waals surface area contributed by atoms with Crippen LogP contribution in [0.2, 0.25) is 0 Å². The van der Waals surface area contributed by atoms with Crippen molar-refractivity contribution in [2.24, 2.45) is 5.92 Å². The van der Waals surface area contributed by atoms with E-state index in [1.807, 2.05) is 0 Å². The van der Waals surface area contributed by atoms with Crippen LogP contribution >= 0.6 is 11.3 Å². The summed E-state index contributed by atoms with van der Waals surface area (Å²) in [5.41, 5.74) is 0.910. The SMILES string of the molecule is Cc1nc(-c2ccccc2F)sc1C(=O)N1CCC[C@H](C(=O)O)C1. The maximum absolute atomic E-state index is 13.9. The van der Waals surface area contributed by atoms with Gasteiger partial charge in [0, 0.05) is 18.7 Å². The van der Waals surface area contributed by atoms with E-state index in [0.29, 0.717) is 40.5 Å². The summed E-state index contributed by atoms with van der Waals surface area (Å²) in [6.45, 7) is 2.46. The number of likely N-dealkylation sites (tertiary alicyclic amines) is 1. The van der Waals surface area contributed by atoms with Gasteiger partial charge in [0.15, 0.2) is 0 Å². The fourth-order valence-corrected chi connectivity index (χ4v) is 3.91. The number of nitrogens with zero attached hydrogens (tertiary/aromatic N) is 2. The molecule has 1 fully saturated rings. The molecule has 2 aromatic rings. The summed E-state index contributed by atoms with van der Waals surface area (Å²) in [6, 6.07) is 6.31. The Hall–Kier alpha value is -2.28. The van der Waals surface area contributed by atoms with Crippen molar-refractivity contribution >= 4 is 23.2 Å². The topological polar surface area (TPSA) is 70.5 Å². The molecule has 24 heavy (non-hydrogen) atoms. The van der Waals surface area contributed by atoms with E-state index < -0.39 is 11.9 Å². The molecule has 3 rings (SSSR count). The molecule has 0 spiro atoms. The standard InChI is InChI=1S/C17H17FN2O3S/c1-10-14(16(21)20-8-4-5-11(9-20)17(22)23)24-15(19-10)12-6-2-3-7-13(12)18/h2-3,6-7,11H,4-5,8-9H2,1H3,(H,22,23)/t11-/m0/s1. The predicted molar refractivity (Wildman–Crippen MR) is 88.5 cm³/mol. The van der Waals surface area contributed by atoms with Crippen LogP contribution < -0.4 is 0 Å². The summed E-state index contributed by atoms with van der Waals surface area (Å²) in [6.07, 6.45) is 1.25. The van der Waals surface area contributed by atoms with Crippen molar-refractivity contribution in [3.05, 3.63) is 40.7 Å². The van der Waals surface area contributed by atoms with Crippen LogP contribution in [0.3, 0.4) is 0 Å². The first kappa shape index (κ1) is 16.6. The van der Waals surface area contributed by atoms with Crippen LogP contribution in [0.15, 0.2) is 24.3 Å². The minimum atomic E-state index is -0.874. The van der Waals surface area contributed by atoms with E-state index in [4.69, 9.17) is 5.11 Å². The molecule has 126 valence electrons. The van der Waals surface area contributed by atoms with Crippen molar-refractivity contribution in [1.29, 1.82) is 0 Å². The molecule has 1 aromatic carbocycles. The highest BCUT2D eigenvalue weighted by atomic mass is 32.1. The third kappa shape index (κ3) is 3.17. The lowest BCUT2D eigenvalue weighted by molar-refractivity contribution is -0.143. The number of rotatable bonds is 3. The number of amides is 1. The van der Waals surface area contributed by atoms with E-state index in [1.165, 1.54) is 6.07 Å². The van der Waals surface area contributed by atoms with Gasteiger partial charge in [-0.2, -0.15) is 0 Å². The highest BCUT2D eigenvalue weighted by Gasteiger charge is 2.30. The lowest BCUT2D eigenvalue weighted by Gasteiger charge is -2.30. The van der Waals surface area contributed by atoms with Gasteiger partial charge in [-0.3, -0.25) is 9.59 Å². The number of thiazole rings is 1. The first-order valence-corrected chi connectivity index (χ1v) is 8.53. The normalized spacial score (nSPS) is 17.8. The van der Waals surface area contributed by atoms with Gasteiger partial charge < -0.3 is 10.0 Å². The zero-order chi connectivity index (χ0) is 17.3. The number of carbonyl (C=O) groups excluding carboxylic acids is 1. The molecule has 1 saturated heterocycles. The molecule has 0 saturated carbocycles. The van der Waals surface area contributed by atoms with Crippen molar-refractivity contribution in [2.45, 2.75) is 19.8 Å². The van der Waals surface area contributed by atoms with Crippen molar-refractivity contribution in [3.63, 3.8) is 0 Å². The number of piperidine rings is 1. The molecule has 1 amide bonds. The molecule has 0 unspecified atom stereocenters. The summed E-state index contributed by atoms with van der Waals surface area (Å²) in [7, 11) is 0. The lowest BCUT2D eigenvalue weighted by atomic mass is 9.98. The molecular formula is C17H17FN2O3S. The second-order valence-electron chi connectivity index (χ2n) is 5.84. The quantitative estimate of drug-likeness (QED) is 0.925. The Kier molecular flexibility index (Phi) is 4.62. The number of halogens is 1. The molecule has 2 heterocycles. The number of carboxylic acid groups (broad SMARTS) is 1. The molecule has 1 aromatic heterocycles. The van der Waals surface area contributed by atoms with Gasteiger partial charge >= 0.3 is 5.97 Å². The molecule has 5 nitrogen and oxygen atoms in total. The number of hydrogen-bond acceptors (Lipinski definition) is 4. The van der Waals surface area contributed by atoms with Gasteiger partial charge in [-0.05, 0) is 31.9 Å². The molecular weight excluding hydrogens is 331 g/mol. The van der Waals surface area contributed by atoms with Crippen molar-refractivity contribution in [3.8, 4) is 10.6 Å². The number of carbonyl (C=O) groups is 2. The van der Waals surface area contributed by atoms with E-state index >= 15 is 0 Å². The fourth-order valence-electron chi connectivity index (χ4n) is 2.85. The van der Waals surface area contributed by atoms with Crippen molar-refractivity contribution < 1.29 is 19.1 Å². The fraction of sp³-hybridized carbons (Fsp3) is 0.353. The molecule has 1 atom stereocenters. The van der Waals surface area contributed by atoms with E-state index in [9.17, 15) is 14.0 Å². The van der Waals surface area contributed by atoms with Gasteiger partial charge in [0.25, 0.3) is 5.91 Å². The molecule has 1 aliphatic rings. The van der Waals surface area contributed by atoms with Crippen molar-refractivity contribution in [1.82, 2.24) is 9.88 Å². The molecule has 0 aliphatic carbocycles. The minimum Gasteiger partial charge on any atom is -0.481 e. The Balaban J connectivity index is 1.86. The van der Waals surface area contributed by atoms with E-state index in [2.05, 4.69) is 4.98 Å². The minimum absolute atomic E-state index is 0.209. The van der Waals surface area contributed by atoms with Crippen LogP contribution in [-0.2, 0) is 4.79 Å². The van der Waals surface area contributed by atoms with Crippen LogP contribution in [0.1, 0.15) is 28.2 Å². The number of aryl methyl sites for hydroxylation is 1. The van der Waals surface area contributed by atoms with Crippen LogP contribution in [0.4, 0.5) is 4.39 Å². The maximum Gasteiger partial charge on any atom is 0.308 e. The lowest BCUT2D eigenvalue weighted by Crippen LogP contribution is -2.42. The van der Waals surface area contributed by atoms with Gasteiger partial charge in [-0.15, -0.1) is 11.3 Å². The zero-order valence-electron chi connectivity index (χ0n) is 13.2. The summed E-state index contributed by atoms with van der Waals surface area (Å²) in [4.78, 5) is 30.2. The van der Waals surface area contributed by atoms with Gasteiger partial charge in [0.1, 0.15) is 15.7 Å². The summed E-state index contributed by atoms with van der Waals surface area (Å²) < 4.78 is 13.9. The third-order valence-electron chi connectivity index (χ3n) is 4.15. The monoisotopic (exact) mass is 348 g/mol.